The highest BCUT2D eigenvalue weighted by atomic mass is 28.3. The number of nitrogens with one attached hydrogen (secondary N) is 1. The summed E-state index contributed by atoms with van der Waals surface area (Å²) in [7, 11) is -1.10. The van der Waals surface area contributed by atoms with E-state index in [1.54, 1.807) is 6.33 Å². The summed E-state index contributed by atoms with van der Waals surface area (Å²) < 4.78 is 24.1. The van der Waals surface area contributed by atoms with Gasteiger partial charge in [0.2, 0.25) is 0 Å². The molecular formula is C23H33FN7OSi. The van der Waals surface area contributed by atoms with Crippen molar-refractivity contribution in [2.75, 3.05) is 32.8 Å². The van der Waals surface area contributed by atoms with Gasteiger partial charge < -0.3 is 14.6 Å². The van der Waals surface area contributed by atoms with Gasteiger partial charge >= 0.3 is 0 Å². The van der Waals surface area contributed by atoms with Crippen LogP contribution >= 0.6 is 0 Å². The van der Waals surface area contributed by atoms with Gasteiger partial charge in [0.1, 0.15) is 30.9 Å². The van der Waals surface area contributed by atoms with Crippen molar-refractivity contribution in [3.05, 3.63) is 37.0 Å². The zero-order valence-corrected chi connectivity index (χ0v) is 20.7. The molecule has 0 unspecified atom stereocenters. The van der Waals surface area contributed by atoms with Gasteiger partial charge in [-0.3, -0.25) is 9.58 Å². The quantitative estimate of drug-likeness (QED) is 0.403. The van der Waals surface area contributed by atoms with Crippen LogP contribution in [-0.2, 0) is 11.5 Å². The van der Waals surface area contributed by atoms with Gasteiger partial charge in [-0.15, -0.1) is 0 Å². The Bertz CT molecular complexity index is 1090. The van der Waals surface area contributed by atoms with Crippen LogP contribution in [0.15, 0.2) is 31.0 Å². The normalized spacial score (nSPS) is 22.7. The third-order valence-corrected chi connectivity index (χ3v) is 8.28. The predicted octanol–water partition coefficient (Wildman–Crippen LogP) is 3.00. The Morgan fingerprint density at radius 2 is 2.09 bits per heavy atom. The summed E-state index contributed by atoms with van der Waals surface area (Å²) in [6.07, 6.45) is 7.53. The zero-order chi connectivity index (χ0) is 23.0. The highest BCUT2D eigenvalue weighted by Gasteiger charge is 2.39. The van der Waals surface area contributed by atoms with Crippen LogP contribution in [0.1, 0.15) is 6.42 Å². The van der Waals surface area contributed by atoms with Crippen molar-refractivity contribution in [3.8, 4) is 11.3 Å². The molecule has 177 valence electrons. The Labute approximate surface area is 195 Å². The van der Waals surface area contributed by atoms with E-state index in [1.807, 2.05) is 33.9 Å². The maximum Gasteiger partial charge on any atom is 0.145 e. The molecule has 3 aromatic heterocycles. The van der Waals surface area contributed by atoms with Gasteiger partial charge in [-0.2, -0.15) is 5.10 Å². The Kier molecular flexibility index (Phi) is 6.34. The molecule has 8 nitrogen and oxygen atoms in total. The number of aromatic nitrogens is 5. The molecule has 2 fully saturated rings. The molecule has 2 atom stereocenters. The van der Waals surface area contributed by atoms with E-state index in [2.05, 4.69) is 44.9 Å². The average molecular weight is 471 g/mol. The van der Waals surface area contributed by atoms with Crippen LogP contribution in [0, 0.1) is 6.04 Å². The lowest BCUT2D eigenvalue weighted by atomic mass is 9.97. The first kappa shape index (κ1) is 22.6. The first-order chi connectivity index (χ1) is 15.9. The standard InChI is InChI=1S/C23H33FN7OSi/c1-33(2,3)9-8-32-16-29-7-5-19-22(26-15-27-23(19)29)17-10-28-31(12-17)18-13-30(14-18)21-4-6-25-11-20(21)24/h5,7,10,12,15,20-21,25H,4,6,8-9,11,13-14,16H2,1-3H3/t20-,21+/m0/s1. The SMILES string of the molecule is C[Si](C)(C)CCOCn1ccc2c(-c3cnn([C]4CN([C@@H]5CCNC[C@@H]5F)C4)c3)ncnc21. The minimum atomic E-state index is -1.10. The fraction of sp³-hybridized carbons (Fsp3) is 0.565. The molecule has 0 saturated carbocycles. The molecule has 1 N–H and O–H groups in total. The van der Waals surface area contributed by atoms with E-state index in [-0.39, 0.29) is 6.04 Å². The second-order valence-corrected chi connectivity index (χ2v) is 15.9. The van der Waals surface area contributed by atoms with Gasteiger partial charge in [0, 0.05) is 63.7 Å². The summed E-state index contributed by atoms with van der Waals surface area (Å²) in [5, 5.41) is 8.68. The largest absolute Gasteiger partial charge is 0.361 e. The molecule has 0 spiro atoms. The maximum atomic E-state index is 14.2. The molecule has 0 aliphatic carbocycles. The van der Waals surface area contributed by atoms with Crippen LogP contribution in [0.2, 0.25) is 25.7 Å². The molecule has 2 saturated heterocycles. The van der Waals surface area contributed by atoms with Crippen molar-refractivity contribution in [2.45, 2.75) is 51.1 Å². The minimum absolute atomic E-state index is 0.0132. The van der Waals surface area contributed by atoms with Crippen LogP contribution < -0.4 is 5.32 Å². The van der Waals surface area contributed by atoms with Crippen LogP contribution in [0.3, 0.4) is 0 Å². The van der Waals surface area contributed by atoms with Crippen LogP contribution in [0.4, 0.5) is 4.39 Å². The number of alkyl halides is 1. The fourth-order valence-electron chi connectivity index (χ4n) is 4.52. The van der Waals surface area contributed by atoms with Crippen LogP contribution in [0.5, 0.6) is 0 Å². The predicted molar refractivity (Wildman–Crippen MR) is 129 cm³/mol. The zero-order valence-electron chi connectivity index (χ0n) is 19.7. The van der Waals surface area contributed by atoms with Gasteiger partial charge in [0.25, 0.3) is 0 Å². The van der Waals surface area contributed by atoms with Crippen molar-refractivity contribution in [2.24, 2.45) is 0 Å². The number of piperidine rings is 1. The van der Waals surface area contributed by atoms with E-state index in [0.717, 1.165) is 61.0 Å². The van der Waals surface area contributed by atoms with Crippen molar-refractivity contribution >= 4 is 19.1 Å². The van der Waals surface area contributed by atoms with E-state index >= 15 is 0 Å². The first-order valence-electron chi connectivity index (χ1n) is 11.8. The number of ether oxygens (including phenoxy) is 1. The first-order valence-corrected chi connectivity index (χ1v) is 15.5. The van der Waals surface area contributed by atoms with E-state index in [1.165, 1.54) is 6.04 Å². The molecular weight excluding hydrogens is 437 g/mol. The van der Waals surface area contributed by atoms with Gasteiger partial charge in [0.05, 0.1) is 11.9 Å². The highest BCUT2D eigenvalue weighted by molar-refractivity contribution is 6.76. The summed E-state index contributed by atoms with van der Waals surface area (Å²) in [5.74, 6) is 0. The summed E-state index contributed by atoms with van der Waals surface area (Å²) in [6, 6.07) is 4.39. The average Bonchev–Trinajstić information content (AvgIpc) is 3.38. The van der Waals surface area contributed by atoms with Crippen LogP contribution in [-0.4, -0.2) is 82.3 Å². The molecule has 5 heterocycles. The lowest BCUT2D eigenvalue weighted by Gasteiger charge is -2.46. The highest BCUT2D eigenvalue weighted by Crippen LogP contribution is 2.30. The van der Waals surface area contributed by atoms with E-state index in [0.29, 0.717) is 13.3 Å². The topological polar surface area (TPSA) is 73.0 Å². The number of nitrogens with zero attached hydrogens (tertiary/aromatic N) is 6. The van der Waals surface area contributed by atoms with Gasteiger partial charge in [0.15, 0.2) is 0 Å². The van der Waals surface area contributed by atoms with Crippen molar-refractivity contribution in [1.82, 2.24) is 34.5 Å². The van der Waals surface area contributed by atoms with Gasteiger partial charge in [-0.25, -0.2) is 14.4 Å². The van der Waals surface area contributed by atoms with Crippen molar-refractivity contribution in [1.29, 1.82) is 0 Å². The third-order valence-electron chi connectivity index (χ3n) is 6.58. The molecule has 10 heteroatoms. The number of fused-ring (bicyclic) bond motifs is 1. The lowest BCUT2D eigenvalue weighted by Crippen LogP contribution is -2.59. The third kappa shape index (κ3) is 4.89. The lowest BCUT2D eigenvalue weighted by molar-refractivity contribution is 0.0464. The molecule has 0 aromatic carbocycles. The molecule has 33 heavy (non-hydrogen) atoms. The molecule has 3 aromatic rings. The molecule has 0 amide bonds. The minimum Gasteiger partial charge on any atom is -0.361 e. The molecule has 5 rings (SSSR count). The molecule has 0 bridgehead atoms. The number of likely N-dealkylation sites (tertiary alicyclic amines) is 1. The smallest absolute Gasteiger partial charge is 0.145 e. The van der Waals surface area contributed by atoms with Gasteiger partial charge in [-0.1, -0.05) is 19.6 Å². The summed E-state index contributed by atoms with van der Waals surface area (Å²) in [5.41, 5.74) is 2.69. The van der Waals surface area contributed by atoms with Crippen LogP contribution in [0.25, 0.3) is 22.3 Å². The van der Waals surface area contributed by atoms with E-state index < -0.39 is 14.2 Å². The van der Waals surface area contributed by atoms with E-state index in [4.69, 9.17) is 4.74 Å². The summed E-state index contributed by atoms with van der Waals surface area (Å²) in [6.45, 7) is 11.2. The van der Waals surface area contributed by atoms with Gasteiger partial charge in [-0.05, 0) is 25.1 Å². The van der Waals surface area contributed by atoms with Crippen molar-refractivity contribution in [3.63, 3.8) is 0 Å². The number of rotatable bonds is 8. The number of hydrogen-bond donors (Lipinski definition) is 1. The van der Waals surface area contributed by atoms with E-state index in [9.17, 15) is 4.39 Å². The number of halogens is 1. The second kappa shape index (κ2) is 9.25. The Balaban J connectivity index is 1.25. The van der Waals surface area contributed by atoms with Crippen molar-refractivity contribution < 1.29 is 9.13 Å². The monoisotopic (exact) mass is 470 g/mol. The summed E-state index contributed by atoms with van der Waals surface area (Å²) in [4.78, 5) is 11.3. The number of hydrogen-bond acceptors (Lipinski definition) is 6. The second-order valence-electron chi connectivity index (χ2n) is 10.3. The fourth-order valence-corrected chi connectivity index (χ4v) is 5.27. The maximum absolute atomic E-state index is 14.2. The summed E-state index contributed by atoms with van der Waals surface area (Å²) >= 11 is 0. The Morgan fingerprint density at radius 1 is 1.24 bits per heavy atom. The molecule has 1 radical (unpaired) electrons. The molecule has 2 aliphatic heterocycles. The molecule has 2 aliphatic rings. The Hall–Kier alpha value is -2.14. The Morgan fingerprint density at radius 3 is 2.88 bits per heavy atom.